The zero-order chi connectivity index (χ0) is 19.7. The first-order valence-electron chi connectivity index (χ1n) is 8.92. The Morgan fingerprint density at radius 2 is 1.61 bits per heavy atom. The normalized spacial score (nSPS) is 10.8. The number of imidazole rings is 1. The summed E-state index contributed by atoms with van der Waals surface area (Å²) >= 11 is 0. The average molecular weight is 372 g/mol. The third kappa shape index (κ3) is 3.29. The minimum atomic E-state index is -0.207. The highest BCUT2D eigenvalue weighted by Gasteiger charge is 2.12. The highest BCUT2D eigenvalue weighted by molar-refractivity contribution is 6.04. The van der Waals surface area contributed by atoms with Gasteiger partial charge in [-0.2, -0.15) is 0 Å². The topological polar surface area (TPSA) is 77.6 Å². The lowest BCUT2D eigenvalue weighted by Gasteiger charge is -2.09. The summed E-state index contributed by atoms with van der Waals surface area (Å²) in [6.07, 6.45) is 7.11. The van der Waals surface area contributed by atoms with Crippen LogP contribution in [0.3, 0.4) is 0 Å². The van der Waals surface area contributed by atoms with Gasteiger partial charge in [-0.3, -0.25) is 9.36 Å². The van der Waals surface area contributed by atoms with Crippen LogP contribution in [0.1, 0.15) is 27.6 Å². The quantitative estimate of drug-likeness (QED) is 0.593. The van der Waals surface area contributed by atoms with Gasteiger partial charge in [0.05, 0.1) is 23.8 Å². The molecule has 4 rings (SSSR count). The van der Waals surface area contributed by atoms with E-state index in [1.54, 1.807) is 24.5 Å². The second-order valence-electron chi connectivity index (χ2n) is 6.53. The third-order valence-electron chi connectivity index (χ3n) is 4.64. The third-order valence-corrected chi connectivity index (χ3v) is 4.64. The molecule has 0 atom stereocenters. The van der Waals surface area contributed by atoms with Crippen LogP contribution in [-0.4, -0.2) is 30.0 Å². The van der Waals surface area contributed by atoms with Gasteiger partial charge in [-0.25, -0.2) is 15.0 Å². The highest BCUT2D eigenvalue weighted by Crippen LogP contribution is 2.16. The Hall–Kier alpha value is -3.74. The summed E-state index contributed by atoms with van der Waals surface area (Å²) in [5, 5.41) is 2.83. The molecule has 7 heteroatoms. The average Bonchev–Trinajstić information content (AvgIpc) is 3.32. The Balaban J connectivity index is 1.49. The van der Waals surface area contributed by atoms with Crippen LogP contribution >= 0.6 is 0 Å². The van der Waals surface area contributed by atoms with Crippen molar-refractivity contribution in [2.75, 3.05) is 5.32 Å². The molecule has 7 nitrogen and oxygen atoms in total. The zero-order valence-electron chi connectivity index (χ0n) is 15.9. The molecule has 0 aliphatic heterocycles. The summed E-state index contributed by atoms with van der Waals surface area (Å²) in [4.78, 5) is 25.7. The van der Waals surface area contributed by atoms with Crippen LogP contribution in [-0.2, 0) is 0 Å². The fourth-order valence-corrected chi connectivity index (χ4v) is 3.07. The van der Waals surface area contributed by atoms with Crippen molar-refractivity contribution in [1.29, 1.82) is 0 Å². The van der Waals surface area contributed by atoms with E-state index in [2.05, 4.69) is 20.3 Å². The molecule has 1 aromatic carbocycles. The Kier molecular flexibility index (Phi) is 4.49. The van der Waals surface area contributed by atoms with Crippen LogP contribution in [0.2, 0.25) is 0 Å². The van der Waals surface area contributed by atoms with E-state index in [0.29, 0.717) is 17.2 Å². The predicted molar refractivity (Wildman–Crippen MR) is 107 cm³/mol. The van der Waals surface area contributed by atoms with Gasteiger partial charge < -0.3 is 9.88 Å². The second kappa shape index (κ2) is 7.11. The van der Waals surface area contributed by atoms with Crippen LogP contribution in [0.5, 0.6) is 0 Å². The highest BCUT2D eigenvalue weighted by atomic mass is 16.1. The van der Waals surface area contributed by atoms with Gasteiger partial charge in [0.15, 0.2) is 0 Å². The molecule has 0 radical (unpaired) electrons. The first kappa shape index (κ1) is 17.7. The molecule has 140 valence electrons. The monoisotopic (exact) mass is 372 g/mol. The molecular weight excluding hydrogens is 352 g/mol. The Bertz CT molecular complexity index is 1110. The van der Waals surface area contributed by atoms with Crippen molar-refractivity contribution in [3.63, 3.8) is 0 Å². The van der Waals surface area contributed by atoms with Crippen molar-refractivity contribution in [3.05, 3.63) is 84.0 Å². The number of carbonyl (C=O) groups excluding carboxylic acids is 1. The first-order chi connectivity index (χ1) is 13.5. The summed E-state index contributed by atoms with van der Waals surface area (Å²) < 4.78 is 3.87. The van der Waals surface area contributed by atoms with E-state index in [1.807, 2.05) is 66.6 Å². The summed E-state index contributed by atoms with van der Waals surface area (Å²) in [7, 11) is 0. The van der Waals surface area contributed by atoms with E-state index in [-0.39, 0.29) is 5.91 Å². The fourth-order valence-electron chi connectivity index (χ4n) is 3.07. The van der Waals surface area contributed by atoms with Gasteiger partial charge in [0.25, 0.3) is 5.91 Å². The van der Waals surface area contributed by atoms with E-state index in [1.165, 1.54) is 0 Å². The van der Waals surface area contributed by atoms with Crippen molar-refractivity contribution in [3.8, 4) is 11.6 Å². The maximum Gasteiger partial charge on any atom is 0.255 e. The number of amides is 1. The molecule has 0 bridgehead atoms. The molecule has 1 N–H and O–H groups in total. The molecule has 0 aliphatic carbocycles. The molecule has 0 spiro atoms. The molecule has 28 heavy (non-hydrogen) atoms. The summed E-state index contributed by atoms with van der Waals surface area (Å²) in [6, 6.07) is 11.3. The number of benzene rings is 1. The van der Waals surface area contributed by atoms with Gasteiger partial charge in [-0.1, -0.05) is 0 Å². The lowest BCUT2D eigenvalue weighted by molar-refractivity contribution is 0.102. The van der Waals surface area contributed by atoms with Gasteiger partial charge in [-0.15, -0.1) is 0 Å². The van der Waals surface area contributed by atoms with E-state index in [4.69, 9.17) is 0 Å². The summed E-state index contributed by atoms with van der Waals surface area (Å²) in [5.41, 5.74) is 4.04. The van der Waals surface area contributed by atoms with Gasteiger partial charge >= 0.3 is 0 Å². The van der Waals surface area contributed by atoms with E-state index >= 15 is 0 Å². The van der Waals surface area contributed by atoms with Gasteiger partial charge in [-0.05, 0) is 57.2 Å². The Morgan fingerprint density at radius 3 is 2.18 bits per heavy atom. The van der Waals surface area contributed by atoms with E-state index < -0.39 is 0 Å². The van der Waals surface area contributed by atoms with Crippen LogP contribution in [0.25, 0.3) is 11.6 Å². The molecule has 0 saturated carbocycles. The molecule has 3 aromatic heterocycles. The number of nitrogens with one attached hydrogen (secondary N) is 1. The van der Waals surface area contributed by atoms with Gasteiger partial charge in [0, 0.05) is 29.3 Å². The number of hydrogen-bond donors (Lipinski definition) is 1. The maximum atomic E-state index is 12.5. The van der Waals surface area contributed by atoms with Crippen molar-refractivity contribution in [2.24, 2.45) is 0 Å². The van der Waals surface area contributed by atoms with Crippen molar-refractivity contribution >= 4 is 11.6 Å². The maximum absolute atomic E-state index is 12.5. The number of aryl methyl sites for hydroxylation is 2. The molecule has 4 aromatic rings. The lowest BCUT2D eigenvalue weighted by atomic mass is 10.2. The predicted octanol–water partition coefficient (Wildman–Crippen LogP) is 3.63. The molecule has 0 aliphatic rings. The number of rotatable bonds is 4. The SMILES string of the molecule is Cc1nc(C)n(-c2ncc(NC(=O)c3ccc(-n4cccc4)cc3)cn2)c1C. The number of nitrogens with zero attached hydrogens (tertiary/aromatic N) is 5. The number of anilines is 1. The second-order valence-corrected chi connectivity index (χ2v) is 6.53. The summed E-state index contributed by atoms with van der Waals surface area (Å²) in [6.45, 7) is 5.84. The lowest BCUT2D eigenvalue weighted by Crippen LogP contribution is -2.13. The largest absolute Gasteiger partial charge is 0.324 e. The molecule has 0 unspecified atom stereocenters. The van der Waals surface area contributed by atoms with Crippen LogP contribution in [0, 0.1) is 20.8 Å². The first-order valence-corrected chi connectivity index (χ1v) is 8.92. The van der Waals surface area contributed by atoms with Gasteiger partial charge in [0.2, 0.25) is 5.95 Å². The van der Waals surface area contributed by atoms with Crippen LogP contribution in [0.4, 0.5) is 5.69 Å². The molecule has 0 fully saturated rings. The minimum absolute atomic E-state index is 0.207. The molecule has 0 saturated heterocycles. The fraction of sp³-hybridized carbons (Fsp3) is 0.143. The van der Waals surface area contributed by atoms with Gasteiger partial charge in [0.1, 0.15) is 5.82 Å². The summed E-state index contributed by atoms with van der Waals surface area (Å²) in [5.74, 6) is 1.15. The zero-order valence-corrected chi connectivity index (χ0v) is 15.9. The van der Waals surface area contributed by atoms with E-state index in [9.17, 15) is 4.79 Å². The molecule has 1 amide bonds. The number of carbonyl (C=O) groups is 1. The van der Waals surface area contributed by atoms with Crippen LogP contribution < -0.4 is 5.32 Å². The number of hydrogen-bond acceptors (Lipinski definition) is 4. The molecular formula is C21H20N6O. The van der Waals surface area contributed by atoms with Crippen molar-refractivity contribution < 1.29 is 4.79 Å². The molecule has 3 heterocycles. The minimum Gasteiger partial charge on any atom is -0.324 e. The standard InChI is InChI=1S/C21H20N6O/c1-14-15(2)27(16(3)24-14)21-22-12-18(13-23-21)25-20(28)17-6-8-19(9-7-17)26-10-4-5-11-26/h4-13H,1-3H3,(H,25,28). The number of aromatic nitrogens is 5. The van der Waals surface area contributed by atoms with Crippen molar-refractivity contribution in [2.45, 2.75) is 20.8 Å². The Labute approximate surface area is 162 Å². The Morgan fingerprint density at radius 1 is 0.964 bits per heavy atom. The van der Waals surface area contributed by atoms with Crippen molar-refractivity contribution in [1.82, 2.24) is 24.1 Å². The smallest absolute Gasteiger partial charge is 0.255 e. The van der Waals surface area contributed by atoms with Crippen LogP contribution in [0.15, 0.2) is 61.2 Å². The van der Waals surface area contributed by atoms with E-state index in [0.717, 1.165) is 22.9 Å².